The van der Waals surface area contributed by atoms with Gasteiger partial charge in [-0.05, 0) is 33.7 Å². The van der Waals surface area contributed by atoms with Gasteiger partial charge in [-0.15, -0.1) is 12.3 Å². The molecule has 1 aromatic heterocycles. The van der Waals surface area contributed by atoms with E-state index in [0.29, 0.717) is 6.42 Å². The molecule has 0 unspecified atom stereocenters. The lowest BCUT2D eigenvalue weighted by molar-refractivity contribution is -0.147. The first kappa shape index (κ1) is 21.9. The van der Waals surface area contributed by atoms with Gasteiger partial charge in [-0.25, -0.2) is 0 Å². The highest BCUT2D eigenvalue weighted by Gasteiger charge is 2.22. The van der Waals surface area contributed by atoms with Crippen molar-refractivity contribution in [2.24, 2.45) is 0 Å². The number of terminal acetylenes is 1. The van der Waals surface area contributed by atoms with Crippen LogP contribution >= 0.6 is 0 Å². The van der Waals surface area contributed by atoms with E-state index in [1.807, 2.05) is 73.1 Å². The second-order valence-corrected chi connectivity index (χ2v) is 7.60. The largest absolute Gasteiger partial charge is 0.452 e. The Morgan fingerprint density at radius 3 is 1.76 bits per heavy atom. The number of carbonyl (C=O) groups excluding carboxylic acids is 1. The Labute approximate surface area is 194 Å². The van der Waals surface area contributed by atoms with Crippen LogP contribution in [0, 0.1) is 12.3 Å². The van der Waals surface area contributed by atoms with Crippen molar-refractivity contribution in [2.75, 3.05) is 0 Å². The standard InChI is InChI=1S/C26H20O2.C4H5N/c1-2-3-18-25(27)28-26(23-16-8-12-19-10-4-6-14-21(19)23)24-17-9-13-20-11-5-7-15-22(20)24;1-2-4-5-3-1/h1,4-17,26H,3,18H2;1-5H. The molecule has 0 bridgehead atoms. The minimum atomic E-state index is -0.498. The zero-order valence-corrected chi connectivity index (χ0v) is 18.3. The summed E-state index contributed by atoms with van der Waals surface area (Å²) >= 11 is 0. The van der Waals surface area contributed by atoms with Gasteiger partial charge in [-0.3, -0.25) is 4.79 Å². The number of fused-ring (bicyclic) bond motifs is 2. The third-order valence-electron chi connectivity index (χ3n) is 5.43. The van der Waals surface area contributed by atoms with Crippen molar-refractivity contribution in [1.82, 2.24) is 4.98 Å². The Kier molecular flexibility index (Phi) is 7.20. The highest BCUT2D eigenvalue weighted by atomic mass is 16.5. The zero-order chi connectivity index (χ0) is 22.9. The molecule has 0 aliphatic carbocycles. The number of hydrogen-bond acceptors (Lipinski definition) is 2. The second-order valence-electron chi connectivity index (χ2n) is 7.60. The fraction of sp³-hybridized carbons (Fsp3) is 0.100. The molecule has 0 atom stereocenters. The topological polar surface area (TPSA) is 42.1 Å². The van der Waals surface area contributed by atoms with E-state index >= 15 is 0 Å². The molecule has 0 saturated carbocycles. The summed E-state index contributed by atoms with van der Waals surface area (Å²) in [5.41, 5.74) is 1.95. The van der Waals surface area contributed by atoms with Gasteiger partial charge >= 0.3 is 5.97 Å². The summed E-state index contributed by atoms with van der Waals surface area (Å²) in [6.45, 7) is 0. The van der Waals surface area contributed by atoms with E-state index in [2.05, 4.69) is 47.3 Å². The number of aromatic nitrogens is 1. The van der Waals surface area contributed by atoms with Gasteiger partial charge in [-0.2, -0.15) is 0 Å². The van der Waals surface area contributed by atoms with E-state index in [-0.39, 0.29) is 12.4 Å². The highest BCUT2D eigenvalue weighted by Crippen LogP contribution is 2.35. The Morgan fingerprint density at radius 1 is 0.758 bits per heavy atom. The number of nitrogens with one attached hydrogen (secondary N) is 1. The molecular weight excluding hydrogens is 406 g/mol. The van der Waals surface area contributed by atoms with Crippen LogP contribution in [0.4, 0.5) is 0 Å². The Hall–Kier alpha value is -4.29. The molecule has 0 radical (unpaired) electrons. The van der Waals surface area contributed by atoms with Crippen molar-refractivity contribution in [3.63, 3.8) is 0 Å². The summed E-state index contributed by atoms with van der Waals surface area (Å²) in [6.07, 6.45) is 9.16. The first-order valence-corrected chi connectivity index (χ1v) is 10.9. The van der Waals surface area contributed by atoms with Crippen LogP contribution in [0.2, 0.25) is 0 Å². The lowest BCUT2D eigenvalue weighted by atomic mass is 9.92. The van der Waals surface area contributed by atoms with Crippen molar-refractivity contribution < 1.29 is 9.53 Å². The molecule has 3 heteroatoms. The van der Waals surface area contributed by atoms with Crippen molar-refractivity contribution in [2.45, 2.75) is 18.9 Å². The van der Waals surface area contributed by atoms with Crippen LogP contribution in [-0.4, -0.2) is 11.0 Å². The molecule has 0 spiro atoms. The number of H-pyrrole nitrogens is 1. The normalized spacial score (nSPS) is 10.4. The number of aromatic amines is 1. The quantitative estimate of drug-likeness (QED) is 0.239. The van der Waals surface area contributed by atoms with Crippen LogP contribution in [0.1, 0.15) is 30.1 Å². The smallest absolute Gasteiger partial charge is 0.307 e. The van der Waals surface area contributed by atoms with Crippen molar-refractivity contribution in [3.8, 4) is 12.3 Å². The Bertz CT molecular complexity index is 1270. The molecule has 0 amide bonds. The van der Waals surface area contributed by atoms with Crippen molar-refractivity contribution >= 4 is 27.5 Å². The summed E-state index contributed by atoms with van der Waals surface area (Å²) < 4.78 is 6.01. The van der Waals surface area contributed by atoms with Gasteiger partial charge in [0.2, 0.25) is 0 Å². The van der Waals surface area contributed by atoms with E-state index < -0.39 is 6.10 Å². The van der Waals surface area contributed by atoms with Crippen molar-refractivity contribution in [3.05, 3.63) is 121 Å². The number of ether oxygens (including phenoxy) is 1. The fourth-order valence-electron chi connectivity index (χ4n) is 3.90. The summed E-state index contributed by atoms with van der Waals surface area (Å²) in [4.78, 5) is 15.4. The maximum absolute atomic E-state index is 12.5. The maximum Gasteiger partial charge on any atom is 0.307 e. The molecule has 5 aromatic rings. The molecule has 4 aromatic carbocycles. The first-order valence-electron chi connectivity index (χ1n) is 10.9. The molecule has 0 saturated heterocycles. The molecule has 5 rings (SSSR count). The van der Waals surface area contributed by atoms with E-state index in [0.717, 1.165) is 32.7 Å². The molecule has 1 N–H and O–H groups in total. The van der Waals surface area contributed by atoms with Gasteiger partial charge in [0.05, 0.1) is 6.42 Å². The average Bonchev–Trinajstić information content (AvgIpc) is 3.46. The Morgan fingerprint density at radius 2 is 1.27 bits per heavy atom. The van der Waals surface area contributed by atoms with Crippen LogP contribution in [0.25, 0.3) is 21.5 Å². The maximum atomic E-state index is 12.5. The first-order chi connectivity index (χ1) is 16.3. The highest BCUT2D eigenvalue weighted by molar-refractivity contribution is 5.90. The number of rotatable bonds is 5. The van der Waals surface area contributed by atoms with Crippen molar-refractivity contribution in [1.29, 1.82) is 0 Å². The third-order valence-corrected chi connectivity index (χ3v) is 5.43. The predicted molar refractivity (Wildman–Crippen MR) is 135 cm³/mol. The van der Waals surface area contributed by atoms with Crippen LogP contribution in [-0.2, 0) is 9.53 Å². The van der Waals surface area contributed by atoms with Crippen LogP contribution < -0.4 is 0 Å². The summed E-state index contributed by atoms with van der Waals surface area (Å²) in [5, 5.41) is 4.38. The van der Waals surface area contributed by atoms with Gasteiger partial charge < -0.3 is 9.72 Å². The SMILES string of the molecule is C#CCCC(=O)OC(c1cccc2ccccc12)c1cccc2ccccc12.c1cc[nH]c1. The number of hydrogen-bond donors (Lipinski definition) is 1. The second kappa shape index (κ2) is 10.8. The van der Waals surface area contributed by atoms with Crippen LogP contribution in [0.3, 0.4) is 0 Å². The van der Waals surface area contributed by atoms with Gasteiger partial charge in [0.1, 0.15) is 0 Å². The average molecular weight is 432 g/mol. The summed E-state index contributed by atoms with van der Waals surface area (Å²) in [6, 6.07) is 32.4. The molecule has 3 nitrogen and oxygen atoms in total. The van der Waals surface area contributed by atoms with Gasteiger partial charge in [-0.1, -0.05) is 84.9 Å². The molecule has 162 valence electrons. The van der Waals surface area contributed by atoms with E-state index in [4.69, 9.17) is 11.2 Å². The van der Waals surface area contributed by atoms with E-state index in [1.165, 1.54) is 0 Å². The number of benzene rings is 4. The van der Waals surface area contributed by atoms with E-state index in [9.17, 15) is 4.79 Å². The fourth-order valence-corrected chi connectivity index (χ4v) is 3.90. The summed E-state index contributed by atoms with van der Waals surface area (Å²) in [7, 11) is 0. The van der Waals surface area contributed by atoms with Crippen LogP contribution in [0.15, 0.2) is 109 Å². The Balaban J connectivity index is 0.000000459. The lowest BCUT2D eigenvalue weighted by Gasteiger charge is -2.22. The molecule has 33 heavy (non-hydrogen) atoms. The molecule has 1 heterocycles. The third kappa shape index (κ3) is 5.31. The molecule has 0 fully saturated rings. The number of esters is 1. The van der Waals surface area contributed by atoms with Gasteiger partial charge in [0.25, 0.3) is 0 Å². The molecule has 0 aliphatic rings. The molecular formula is C30H25NO2. The molecule has 0 aliphatic heterocycles. The minimum absolute atomic E-state index is 0.211. The monoisotopic (exact) mass is 431 g/mol. The summed E-state index contributed by atoms with van der Waals surface area (Å²) in [5.74, 6) is 2.22. The van der Waals surface area contributed by atoms with Gasteiger partial charge in [0, 0.05) is 29.9 Å². The predicted octanol–water partition coefficient (Wildman–Crippen LogP) is 7.05. The van der Waals surface area contributed by atoms with E-state index in [1.54, 1.807) is 0 Å². The number of carbonyl (C=O) groups is 1. The van der Waals surface area contributed by atoms with Gasteiger partial charge in [0.15, 0.2) is 6.10 Å². The minimum Gasteiger partial charge on any atom is -0.452 e. The van der Waals surface area contributed by atoms with Crippen LogP contribution in [0.5, 0.6) is 0 Å². The lowest BCUT2D eigenvalue weighted by Crippen LogP contribution is -2.13. The zero-order valence-electron chi connectivity index (χ0n) is 18.3.